The van der Waals surface area contributed by atoms with Gasteiger partial charge in [0.1, 0.15) is 0 Å². The van der Waals surface area contributed by atoms with E-state index in [1.807, 2.05) is 4.68 Å². The van der Waals surface area contributed by atoms with E-state index in [4.69, 9.17) is 0 Å². The number of hydrogen-bond acceptors (Lipinski definition) is 2. The van der Waals surface area contributed by atoms with E-state index < -0.39 is 0 Å². The van der Waals surface area contributed by atoms with Gasteiger partial charge in [0.15, 0.2) is 0 Å². The number of nitrogens with zero attached hydrogens (tertiary/aromatic N) is 2. The van der Waals surface area contributed by atoms with Gasteiger partial charge in [-0.15, -0.1) is 0 Å². The van der Waals surface area contributed by atoms with Crippen LogP contribution >= 0.6 is 15.9 Å². The molecule has 0 radical (unpaired) electrons. The minimum atomic E-state index is 0.583. The predicted molar refractivity (Wildman–Crippen MR) is 69.7 cm³/mol. The first-order valence-electron chi connectivity index (χ1n) is 6.16. The highest BCUT2D eigenvalue weighted by molar-refractivity contribution is 9.10. The molecular weight excluding hydrogens is 266 g/mol. The van der Waals surface area contributed by atoms with Crippen molar-refractivity contribution < 1.29 is 0 Å². The molecule has 1 aliphatic rings. The summed E-state index contributed by atoms with van der Waals surface area (Å²) >= 11 is 3.73. The van der Waals surface area contributed by atoms with Gasteiger partial charge in [0, 0.05) is 19.5 Å². The Morgan fingerprint density at radius 1 is 1.56 bits per heavy atom. The summed E-state index contributed by atoms with van der Waals surface area (Å²) in [5.41, 5.74) is 2.58. The molecule has 1 aromatic rings. The zero-order valence-corrected chi connectivity index (χ0v) is 11.7. The Balaban J connectivity index is 2.23. The Labute approximate surface area is 106 Å². The zero-order valence-electron chi connectivity index (χ0n) is 10.1. The second-order valence-electron chi connectivity index (χ2n) is 4.56. The smallest absolute Gasteiger partial charge is 0.0812 e. The first-order valence-corrected chi connectivity index (χ1v) is 6.95. The lowest BCUT2D eigenvalue weighted by Gasteiger charge is -2.21. The van der Waals surface area contributed by atoms with Gasteiger partial charge >= 0.3 is 0 Å². The highest BCUT2D eigenvalue weighted by Crippen LogP contribution is 2.31. The quantitative estimate of drug-likeness (QED) is 0.925. The monoisotopic (exact) mass is 285 g/mol. The summed E-state index contributed by atoms with van der Waals surface area (Å²) in [4.78, 5) is 0. The standard InChI is InChI=1S/C12H20BrN3/c1-3-5-10-11(13)12(15-16(10)2)9-6-4-7-14-8-9/h9,14H,3-8H2,1-2H3. The molecule has 0 saturated carbocycles. The molecule has 1 fully saturated rings. The molecule has 1 N–H and O–H groups in total. The molecule has 0 spiro atoms. The molecule has 1 aliphatic heterocycles. The van der Waals surface area contributed by atoms with Crippen LogP contribution in [0.4, 0.5) is 0 Å². The van der Waals surface area contributed by atoms with Crippen molar-refractivity contribution in [2.45, 2.75) is 38.5 Å². The van der Waals surface area contributed by atoms with E-state index in [0.29, 0.717) is 5.92 Å². The Morgan fingerprint density at radius 2 is 2.38 bits per heavy atom. The average Bonchev–Trinajstić information content (AvgIpc) is 2.59. The van der Waals surface area contributed by atoms with Crippen LogP contribution in [0.2, 0.25) is 0 Å². The predicted octanol–water partition coefficient (Wildman–Crippen LogP) is 2.60. The summed E-state index contributed by atoms with van der Waals surface area (Å²) in [6.07, 6.45) is 4.79. The second-order valence-corrected chi connectivity index (χ2v) is 5.36. The summed E-state index contributed by atoms with van der Waals surface area (Å²) in [7, 11) is 2.05. The summed E-state index contributed by atoms with van der Waals surface area (Å²) in [5, 5.41) is 8.13. The van der Waals surface area contributed by atoms with Gasteiger partial charge in [0.25, 0.3) is 0 Å². The van der Waals surface area contributed by atoms with Crippen molar-refractivity contribution in [3.63, 3.8) is 0 Å². The van der Waals surface area contributed by atoms with E-state index in [1.165, 1.54) is 35.1 Å². The molecule has 1 saturated heterocycles. The number of aromatic nitrogens is 2. The van der Waals surface area contributed by atoms with Crippen molar-refractivity contribution in [1.82, 2.24) is 15.1 Å². The third-order valence-corrected chi connectivity index (χ3v) is 4.16. The molecule has 16 heavy (non-hydrogen) atoms. The lowest BCUT2D eigenvalue weighted by molar-refractivity contribution is 0.450. The van der Waals surface area contributed by atoms with Crippen LogP contribution < -0.4 is 5.32 Å². The van der Waals surface area contributed by atoms with Gasteiger partial charge in [-0.2, -0.15) is 5.10 Å². The average molecular weight is 286 g/mol. The minimum Gasteiger partial charge on any atom is -0.316 e. The van der Waals surface area contributed by atoms with Gasteiger partial charge in [0.2, 0.25) is 0 Å². The molecule has 2 heterocycles. The zero-order chi connectivity index (χ0) is 11.5. The molecule has 0 amide bonds. The fraction of sp³-hybridized carbons (Fsp3) is 0.750. The highest BCUT2D eigenvalue weighted by atomic mass is 79.9. The van der Waals surface area contributed by atoms with E-state index in [1.54, 1.807) is 0 Å². The third-order valence-electron chi connectivity index (χ3n) is 3.30. The fourth-order valence-electron chi connectivity index (χ4n) is 2.41. The maximum absolute atomic E-state index is 4.68. The summed E-state index contributed by atoms with van der Waals surface area (Å²) < 4.78 is 3.28. The molecule has 0 aliphatic carbocycles. The van der Waals surface area contributed by atoms with Crippen molar-refractivity contribution in [3.05, 3.63) is 15.9 Å². The Bertz CT molecular complexity index is 353. The summed E-state index contributed by atoms with van der Waals surface area (Å²) in [6.45, 7) is 4.44. The number of nitrogens with one attached hydrogen (secondary N) is 1. The molecule has 0 bridgehead atoms. The van der Waals surface area contributed by atoms with Crippen LogP contribution in [0.5, 0.6) is 0 Å². The molecule has 90 valence electrons. The molecule has 1 aromatic heterocycles. The summed E-state index contributed by atoms with van der Waals surface area (Å²) in [5.74, 6) is 0.583. The number of halogens is 1. The van der Waals surface area contributed by atoms with Crippen molar-refractivity contribution in [1.29, 1.82) is 0 Å². The van der Waals surface area contributed by atoms with Crippen molar-refractivity contribution >= 4 is 15.9 Å². The van der Waals surface area contributed by atoms with Crippen molar-refractivity contribution in [3.8, 4) is 0 Å². The minimum absolute atomic E-state index is 0.583. The van der Waals surface area contributed by atoms with E-state index >= 15 is 0 Å². The first kappa shape index (κ1) is 12.1. The maximum Gasteiger partial charge on any atom is 0.0812 e. The van der Waals surface area contributed by atoms with Gasteiger partial charge < -0.3 is 5.32 Å². The van der Waals surface area contributed by atoms with E-state index in [2.05, 4.69) is 40.3 Å². The molecule has 3 nitrogen and oxygen atoms in total. The van der Waals surface area contributed by atoms with Gasteiger partial charge in [-0.3, -0.25) is 4.68 Å². The van der Waals surface area contributed by atoms with Crippen LogP contribution in [0, 0.1) is 0 Å². The largest absolute Gasteiger partial charge is 0.316 e. The van der Waals surface area contributed by atoms with Crippen LogP contribution in [0.25, 0.3) is 0 Å². The third kappa shape index (κ3) is 2.33. The molecule has 2 rings (SSSR count). The van der Waals surface area contributed by atoms with E-state index in [-0.39, 0.29) is 0 Å². The van der Waals surface area contributed by atoms with Crippen LogP contribution in [0.15, 0.2) is 4.47 Å². The van der Waals surface area contributed by atoms with Crippen LogP contribution in [0.1, 0.15) is 43.5 Å². The molecule has 0 aromatic carbocycles. The highest BCUT2D eigenvalue weighted by Gasteiger charge is 2.23. The lowest BCUT2D eigenvalue weighted by Crippen LogP contribution is -2.28. The number of aryl methyl sites for hydroxylation is 1. The van der Waals surface area contributed by atoms with E-state index in [0.717, 1.165) is 19.5 Å². The number of hydrogen-bond donors (Lipinski definition) is 1. The van der Waals surface area contributed by atoms with Crippen molar-refractivity contribution in [2.75, 3.05) is 13.1 Å². The van der Waals surface area contributed by atoms with E-state index in [9.17, 15) is 0 Å². The number of rotatable bonds is 3. The molecular formula is C12H20BrN3. The lowest BCUT2D eigenvalue weighted by atomic mass is 9.96. The Kier molecular flexibility index (Phi) is 4.03. The first-order chi connectivity index (χ1) is 7.74. The summed E-state index contributed by atoms with van der Waals surface area (Å²) in [6, 6.07) is 0. The van der Waals surface area contributed by atoms with Crippen LogP contribution in [0.3, 0.4) is 0 Å². The van der Waals surface area contributed by atoms with Crippen molar-refractivity contribution in [2.24, 2.45) is 7.05 Å². The van der Waals surface area contributed by atoms with Gasteiger partial charge in [-0.25, -0.2) is 0 Å². The topological polar surface area (TPSA) is 29.9 Å². The molecule has 1 atom stereocenters. The Morgan fingerprint density at radius 3 is 3.00 bits per heavy atom. The molecule has 1 unspecified atom stereocenters. The fourth-order valence-corrected chi connectivity index (χ4v) is 3.27. The maximum atomic E-state index is 4.68. The van der Waals surface area contributed by atoms with Gasteiger partial charge in [0.05, 0.1) is 15.9 Å². The van der Waals surface area contributed by atoms with Crippen LogP contribution in [-0.2, 0) is 13.5 Å². The van der Waals surface area contributed by atoms with Gasteiger partial charge in [-0.05, 0) is 41.7 Å². The van der Waals surface area contributed by atoms with Crippen LogP contribution in [-0.4, -0.2) is 22.9 Å². The normalized spacial score (nSPS) is 21.3. The Hall–Kier alpha value is -0.350. The van der Waals surface area contributed by atoms with Gasteiger partial charge in [-0.1, -0.05) is 13.3 Å². The molecule has 4 heteroatoms. The second kappa shape index (κ2) is 5.32. The SMILES string of the molecule is CCCc1c(Br)c(C2CCCNC2)nn1C. The number of piperidine rings is 1.